The molecule has 0 atom stereocenters. The summed E-state index contributed by atoms with van der Waals surface area (Å²) in [5, 5.41) is 0.619. The van der Waals surface area contributed by atoms with Gasteiger partial charge in [0, 0.05) is 18.6 Å². The van der Waals surface area contributed by atoms with E-state index in [1.165, 1.54) is 24.5 Å². The Kier molecular flexibility index (Phi) is 4.88. The average molecular weight is 326 g/mol. The number of ether oxygens (including phenoxy) is 1. The number of benzene rings is 2. The Labute approximate surface area is 130 Å². The molecule has 0 saturated heterocycles. The van der Waals surface area contributed by atoms with E-state index in [9.17, 15) is 8.42 Å². The van der Waals surface area contributed by atoms with Gasteiger partial charge in [-0.25, -0.2) is 8.42 Å². The van der Waals surface area contributed by atoms with Crippen LogP contribution in [0.5, 0.6) is 5.75 Å². The molecule has 0 aliphatic heterocycles. The van der Waals surface area contributed by atoms with E-state index in [-0.39, 0.29) is 11.4 Å². The van der Waals surface area contributed by atoms with Gasteiger partial charge in [-0.3, -0.25) is 0 Å². The van der Waals surface area contributed by atoms with E-state index in [4.69, 9.17) is 16.3 Å². The topological polar surface area (TPSA) is 46.6 Å². The zero-order valence-corrected chi connectivity index (χ0v) is 13.4. The van der Waals surface area contributed by atoms with Crippen molar-refractivity contribution < 1.29 is 13.2 Å². The molecule has 0 spiro atoms. The van der Waals surface area contributed by atoms with E-state index in [1.807, 2.05) is 0 Å². The Hall–Kier alpha value is -1.56. The van der Waals surface area contributed by atoms with Crippen molar-refractivity contribution in [2.45, 2.75) is 11.4 Å². The van der Waals surface area contributed by atoms with Crippen LogP contribution in [-0.2, 0) is 16.6 Å². The van der Waals surface area contributed by atoms with Crippen LogP contribution in [0.3, 0.4) is 0 Å². The molecule has 0 heterocycles. The molecule has 4 nitrogen and oxygen atoms in total. The number of halogens is 1. The van der Waals surface area contributed by atoms with Crippen LogP contribution in [0.25, 0.3) is 0 Å². The maximum atomic E-state index is 12.6. The van der Waals surface area contributed by atoms with Gasteiger partial charge in [0.25, 0.3) is 0 Å². The molecular weight excluding hydrogens is 310 g/mol. The minimum Gasteiger partial charge on any atom is -0.495 e. The largest absolute Gasteiger partial charge is 0.495 e. The van der Waals surface area contributed by atoms with Gasteiger partial charge in [0.15, 0.2) is 0 Å². The van der Waals surface area contributed by atoms with Gasteiger partial charge in [0.2, 0.25) is 10.0 Å². The van der Waals surface area contributed by atoms with Gasteiger partial charge in [-0.05, 0) is 29.8 Å². The molecular formula is C15H16ClNO3S. The zero-order valence-electron chi connectivity index (χ0n) is 11.8. The van der Waals surface area contributed by atoms with E-state index in [0.717, 1.165) is 5.56 Å². The fourth-order valence-corrected chi connectivity index (χ4v) is 3.37. The third-order valence-corrected chi connectivity index (χ3v) is 5.17. The van der Waals surface area contributed by atoms with E-state index < -0.39 is 10.0 Å². The summed E-state index contributed by atoms with van der Waals surface area (Å²) in [4.78, 5) is 0.156. The molecule has 21 heavy (non-hydrogen) atoms. The predicted octanol–water partition coefficient (Wildman–Crippen LogP) is 3.17. The average Bonchev–Trinajstić information content (AvgIpc) is 2.49. The summed E-state index contributed by atoms with van der Waals surface area (Å²) in [6.45, 7) is 0.261. The first-order valence-electron chi connectivity index (χ1n) is 6.29. The van der Waals surface area contributed by atoms with Crippen molar-refractivity contribution in [3.05, 3.63) is 59.1 Å². The Balaban J connectivity index is 2.28. The van der Waals surface area contributed by atoms with Gasteiger partial charge in [0.05, 0.1) is 7.11 Å². The summed E-state index contributed by atoms with van der Waals surface area (Å²) in [6.07, 6.45) is 0. The van der Waals surface area contributed by atoms with Crippen LogP contribution in [0.4, 0.5) is 0 Å². The molecule has 0 bridgehead atoms. The van der Waals surface area contributed by atoms with Crippen molar-refractivity contribution in [3.8, 4) is 5.75 Å². The highest BCUT2D eigenvalue weighted by Crippen LogP contribution is 2.26. The quantitative estimate of drug-likeness (QED) is 0.848. The van der Waals surface area contributed by atoms with Crippen LogP contribution < -0.4 is 4.74 Å². The number of hydrogen-bond donors (Lipinski definition) is 0. The van der Waals surface area contributed by atoms with Gasteiger partial charge >= 0.3 is 0 Å². The van der Waals surface area contributed by atoms with Crippen molar-refractivity contribution in [1.29, 1.82) is 0 Å². The van der Waals surface area contributed by atoms with Gasteiger partial charge < -0.3 is 4.74 Å². The molecule has 0 aromatic heterocycles. The molecule has 0 N–H and O–H groups in total. The van der Waals surface area contributed by atoms with Gasteiger partial charge in [-0.15, -0.1) is 0 Å². The lowest BCUT2D eigenvalue weighted by Gasteiger charge is -2.19. The number of nitrogens with zero attached hydrogens (tertiary/aromatic N) is 1. The van der Waals surface area contributed by atoms with E-state index in [0.29, 0.717) is 10.8 Å². The Morgan fingerprint density at radius 3 is 2.33 bits per heavy atom. The molecule has 2 rings (SSSR count). The summed E-state index contributed by atoms with van der Waals surface area (Å²) in [5.74, 6) is 0.334. The molecule has 6 heteroatoms. The molecule has 0 fully saturated rings. The predicted molar refractivity (Wildman–Crippen MR) is 83.1 cm³/mol. The van der Waals surface area contributed by atoms with Crippen LogP contribution in [0, 0.1) is 0 Å². The first-order chi connectivity index (χ1) is 9.95. The Morgan fingerprint density at radius 1 is 1.10 bits per heavy atom. The fraction of sp³-hybridized carbons (Fsp3) is 0.200. The maximum Gasteiger partial charge on any atom is 0.246 e. The first kappa shape index (κ1) is 15.8. The number of para-hydroxylation sites is 1. The van der Waals surface area contributed by atoms with Crippen LogP contribution in [-0.4, -0.2) is 26.9 Å². The van der Waals surface area contributed by atoms with E-state index in [2.05, 4.69) is 0 Å². The van der Waals surface area contributed by atoms with Crippen LogP contribution in [0.15, 0.2) is 53.4 Å². The zero-order chi connectivity index (χ0) is 15.5. The third kappa shape index (κ3) is 3.56. The molecule has 0 aliphatic rings. The van der Waals surface area contributed by atoms with Crippen molar-refractivity contribution in [2.24, 2.45) is 0 Å². The number of hydrogen-bond acceptors (Lipinski definition) is 3. The van der Waals surface area contributed by atoms with Gasteiger partial charge in [-0.2, -0.15) is 4.31 Å². The molecule has 0 radical (unpaired) electrons. The van der Waals surface area contributed by atoms with Crippen LogP contribution in [0.1, 0.15) is 5.56 Å². The highest BCUT2D eigenvalue weighted by Gasteiger charge is 2.24. The van der Waals surface area contributed by atoms with E-state index >= 15 is 0 Å². The summed E-state index contributed by atoms with van der Waals surface area (Å²) in [6, 6.07) is 13.6. The molecule has 0 unspecified atom stereocenters. The number of rotatable bonds is 5. The number of methoxy groups -OCH3 is 1. The SMILES string of the molecule is COc1ccccc1S(=O)(=O)N(C)Cc1ccc(Cl)cc1. The summed E-state index contributed by atoms with van der Waals surface area (Å²) < 4.78 is 31.6. The lowest BCUT2D eigenvalue weighted by molar-refractivity contribution is 0.397. The van der Waals surface area contributed by atoms with Crippen LogP contribution >= 0.6 is 11.6 Å². The Morgan fingerprint density at radius 2 is 1.71 bits per heavy atom. The highest BCUT2D eigenvalue weighted by atomic mass is 35.5. The second-order valence-electron chi connectivity index (χ2n) is 4.54. The lowest BCUT2D eigenvalue weighted by atomic mass is 10.2. The number of sulfonamides is 1. The molecule has 2 aromatic carbocycles. The van der Waals surface area contributed by atoms with Crippen LogP contribution in [0.2, 0.25) is 5.02 Å². The second kappa shape index (κ2) is 6.47. The van der Waals surface area contributed by atoms with Crippen molar-refractivity contribution in [2.75, 3.05) is 14.2 Å². The highest BCUT2D eigenvalue weighted by molar-refractivity contribution is 7.89. The van der Waals surface area contributed by atoms with Crippen molar-refractivity contribution in [1.82, 2.24) is 4.31 Å². The van der Waals surface area contributed by atoms with Gasteiger partial charge in [0.1, 0.15) is 10.6 Å². The minimum atomic E-state index is -3.61. The minimum absolute atomic E-state index is 0.156. The summed E-state index contributed by atoms with van der Waals surface area (Å²) in [5.41, 5.74) is 0.861. The second-order valence-corrected chi connectivity index (χ2v) is 6.99. The Bertz CT molecular complexity index is 714. The fourth-order valence-electron chi connectivity index (χ4n) is 1.93. The smallest absolute Gasteiger partial charge is 0.246 e. The van der Waals surface area contributed by atoms with Crippen molar-refractivity contribution >= 4 is 21.6 Å². The summed E-state index contributed by atoms with van der Waals surface area (Å²) >= 11 is 5.83. The third-order valence-electron chi connectivity index (χ3n) is 3.08. The van der Waals surface area contributed by atoms with Gasteiger partial charge in [-0.1, -0.05) is 35.9 Å². The molecule has 0 saturated carbocycles. The standard InChI is InChI=1S/C15H16ClNO3S/c1-17(11-12-7-9-13(16)10-8-12)21(18,19)15-6-4-3-5-14(15)20-2/h3-10H,11H2,1-2H3. The first-order valence-corrected chi connectivity index (χ1v) is 8.11. The normalized spacial score (nSPS) is 11.6. The maximum absolute atomic E-state index is 12.6. The summed E-state index contributed by atoms with van der Waals surface area (Å²) in [7, 11) is -0.625. The molecule has 0 aliphatic carbocycles. The van der Waals surface area contributed by atoms with Crippen molar-refractivity contribution in [3.63, 3.8) is 0 Å². The molecule has 112 valence electrons. The molecule has 2 aromatic rings. The molecule has 0 amide bonds. The van der Waals surface area contributed by atoms with E-state index in [1.54, 1.807) is 42.5 Å². The monoisotopic (exact) mass is 325 g/mol. The lowest BCUT2D eigenvalue weighted by Crippen LogP contribution is -2.26.